The zero-order chi connectivity index (χ0) is 18.0. The monoisotopic (exact) mass is 350 g/mol. The van der Waals surface area contributed by atoms with Gasteiger partial charge >= 0.3 is 0 Å². The van der Waals surface area contributed by atoms with Crippen LogP contribution < -0.4 is 5.73 Å². The highest BCUT2D eigenvalue weighted by atomic mass is 16.7. The van der Waals surface area contributed by atoms with Gasteiger partial charge in [0.2, 0.25) is 5.79 Å². The molecule has 0 saturated carbocycles. The van der Waals surface area contributed by atoms with Gasteiger partial charge in [0.1, 0.15) is 0 Å². The van der Waals surface area contributed by atoms with Crippen LogP contribution in [0.25, 0.3) is 22.5 Å². The van der Waals surface area contributed by atoms with Crippen LogP contribution in [-0.4, -0.2) is 34.7 Å². The van der Waals surface area contributed by atoms with Crippen LogP contribution in [0, 0.1) is 5.92 Å². The summed E-state index contributed by atoms with van der Waals surface area (Å²) in [5.74, 6) is -0.0505. The number of benzene rings is 1. The number of hydrogen-bond acceptors (Lipinski definition) is 5. The smallest absolute Gasteiger partial charge is 0.225 e. The van der Waals surface area contributed by atoms with Gasteiger partial charge in [0.05, 0.1) is 24.6 Å². The van der Waals surface area contributed by atoms with Gasteiger partial charge in [0.25, 0.3) is 0 Å². The van der Waals surface area contributed by atoms with E-state index in [4.69, 9.17) is 20.2 Å². The number of pyridine rings is 1. The van der Waals surface area contributed by atoms with Crippen molar-refractivity contribution in [3.05, 3.63) is 60.7 Å². The van der Waals surface area contributed by atoms with E-state index < -0.39 is 5.79 Å². The van der Waals surface area contributed by atoms with Crippen molar-refractivity contribution in [1.82, 2.24) is 15.0 Å². The molecule has 3 N–H and O–H groups in total. The second-order valence-corrected chi connectivity index (χ2v) is 6.58. The Morgan fingerprint density at radius 2 is 1.77 bits per heavy atom. The molecule has 0 aliphatic carbocycles. The van der Waals surface area contributed by atoms with Gasteiger partial charge in [0, 0.05) is 29.4 Å². The first-order valence-corrected chi connectivity index (χ1v) is 8.74. The molecule has 0 radical (unpaired) electrons. The van der Waals surface area contributed by atoms with E-state index in [0.29, 0.717) is 25.6 Å². The molecule has 2 aromatic heterocycles. The number of rotatable bonds is 4. The standard InChI is InChI=1S/C20H22N4O2/c1-20(25-12-14(11-21)13-26-20)19-23-17(15-5-3-2-4-6-15)18(24-19)16-7-9-22-10-8-16/h2-10,14H,11-13,21H2,1H3,(H,23,24). The molecule has 1 aromatic carbocycles. The first-order chi connectivity index (χ1) is 12.7. The number of aromatic amines is 1. The lowest BCUT2D eigenvalue weighted by atomic mass is 10.1. The first-order valence-electron chi connectivity index (χ1n) is 8.74. The van der Waals surface area contributed by atoms with E-state index in [1.807, 2.05) is 49.4 Å². The highest BCUT2D eigenvalue weighted by Crippen LogP contribution is 2.36. The van der Waals surface area contributed by atoms with Gasteiger partial charge in [0.15, 0.2) is 5.82 Å². The second-order valence-electron chi connectivity index (χ2n) is 6.58. The molecule has 134 valence electrons. The van der Waals surface area contributed by atoms with E-state index in [-0.39, 0.29) is 5.92 Å². The molecule has 1 saturated heterocycles. The minimum absolute atomic E-state index is 0.214. The van der Waals surface area contributed by atoms with E-state index in [1.165, 1.54) is 0 Å². The number of H-pyrrole nitrogens is 1. The Morgan fingerprint density at radius 3 is 2.42 bits per heavy atom. The van der Waals surface area contributed by atoms with E-state index in [1.54, 1.807) is 12.4 Å². The fourth-order valence-electron chi connectivity index (χ4n) is 3.04. The van der Waals surface area contributed by atoms with Crippen LogP contribution in [0.2, 0.25) is 0 Å². The molecule has 4 rings (SSSR count). The lowest BCUT2D eigenvalue weighted by Gasteiger charge is -2.35. The minimum atomic E-state index is -0.916. The average Bonchev–Trinajstić information content (AvgIpc) is 3.16. The number of nitrogens with zero attached hydrogens (tertiary/aromatic N) is 2. The van der Waals surface area contributed by atoms with Crippen molar-refractivity contribution in [3.63, 3.8) is 0 Å². The van der Waals surface area contributed by atoms with Crippen LogP contribution >= 0.6 is 0 Å². The lowest BCUT2D eigenvalue weighted by molar-refractivity contribution is -0.284. The number of nitrogens with one attached hydrogen (secondary N) is 1. The Kier molecular flexibility index (Phi) is 4.55. The fraction of sp³-hybridized carbons (Fsp3) is 0.300. The second kappa shape index (κ2) is 6.99. The Labute approximate surface area is 152 Å². The molecule has 0 atom stereocenters. The molecule has 6 heteroatoms. The molecule has 0 unspecified atom stereocenters. The Hall–Kier alpha value is -2.54. The summed E-state index contributed by atoms with van der Waals surface area (Å²) in [7, 11) is 0. The van der Waals surface area contributed by atoms with Gasteiger partial charge in [-0.25, -0.2) is 4.98 Å². The third-order valence-corrected chi connectivity index (χ3v) is 4.67. The maximum atomic E-state index is 5.99. The molecule has 0 amide bonds. The van der Waals surface area contributed by atoms with Crippen molar-refractivity contribution >= 4 is 0 Å². The summed E-state index contributed by atoms with van der Waals surface area (Å²) in [6.07, 6.45) is 3.54. The van der Waals surface area contributed by atoms with E-state index in [0.717, 1.165) is 22.5 Å². The largest absolute Gasteiger partial charge is 0.343 e. The SMILES string of the molecule is CC1(c2nc(-c3ccccc3)c(-c3ccncc3)[nH]2)OCC(CN)CO1. The van der Waals surface area contributed by atoms with Crippen molar-refractivity contribution in [1.29, 1.82) is 0 Å². The van der Waals surface area contributed by atoms with Gasteiger partial charge < -0.3 is 20.2 Å². The Balaban J connectivity index is 1.77. The summed E-state index contributed by atoms with van der Waals surface area (Å²) in [5, 5.41) is 0. The summed E-state index contributed by atoms with van der Waals surface area (Å²) in [5.41, 5.74) is 9.54. The third kappa shape index (κ3) is 3.14. The van der Waals surface area contributed by atoms with E-state index in [9.17, 15) is 0 Å². The zero-order valence-corrected chi connectivity index (χ0v) is 14.7. The molecule has 6 nitrogen and oxygen atoms in total. The van der Waals surface area contributed by atoms with Crippen LogP contribution in [0.5, 0.6) is 0 Å². The van der Waals surface area contributed by atoms with Crippen LogP contribution in [0.15, 0.2) is 54.9 Å². The molecule has 1 fully saturated rings. The molecule has 1 aliphatic rings. The quantitative estimate of drug-likeness (QED) is 0.755. The van der Waals surface area contributed by atoms with Crippen molar-refractivity contribution in [2.75, 3.05) is 19.8 Å². The number of hydrogen-bond donors (Lipinski definition) is 2. The molecule has 0 bridgehead atoms. The first kappa shape index (κ1) is 16.9. The lowest BCUT2D eigenvalue weighted by Crippen LogP contribution is -2.42. The zero-order valence-electron chi connectivity index (χ0n) is 14.7. The molecule has 3 aromatic rings. The molecule has 3 heterocycles. The molecule has 26 heavy (non-hydrogen) atoms. The van der Waals surface area contributed by atoms with Crippen LogP contribution in [0.4, 0.5) is 0 Å². The summed E-state index contributed by atoms with van der Waals surface area (Å²) in [6.45, 7) is 3.55. The molecular formula is C20H22N4O2. The minimum Gasteiger partial charge on any atom is -0.343 e. The predicted octanol–water partition coefficient (Wildman–Crippen LogP) is 2.93. The van der Waals surface area contributed by atoms with Gasteiger partial charge in [-0.05, 0) is 25.6 Å². The average molecular weight is 350 g/mol. The van der Waals surface area contributed by atoms with Crippen molar-refractivity contribution < 1.29 is 9.47 Å². The third-order valence-electron chi connectivity index (χ3n) is 4.67. The maximum absolute atomic E-state index is 5.99. The summed E-state index contributed by atoms with van der Waals surface area (Å²) in [4.78, 5) is 12.4. The highest BCUT2D eigenvalue weighted by Gasteiger charge is 2.38. The maximum Gasteiger partial charge on any atom is 0.225 e. The molecule has 0 spiro atoms. The van der Waals surface area contributed by atoms with E-state index in [2.05, 4.69) is 9.97 Å². The van der Waals surface area contributed by atoms with Crippen LogP contribution in [-0.2, 0) is 15.3 Å². The summed E-state index contributed by atoms with van der Waals surface area (Å²) >= 11 is 0. The van der Waals surface area contributed by atoms with Gasteiger partial charge in [-0.3, -0.25) is 4.98 Å². The van der Waals surface area contributed by atoms with Crippen molar-refractivity contribution in [3.8, 4) is 22.5 Å². The predicted molar refractivity (Wildman–Crippen MR) is 99.1 cm³/mol. The summed E-state index contributed by atoms with van der Waals surface area (Å²) in [6, 6.07) is 14.0. The Morgan fingerprint density at radius 1 is 1.08 bits per heavy atom. The van der Waals surface area contributed by atoms with Crippen LogP contribution in [0.3, 0.4) is 0 Å². The number of imidazole rings is 1. The Bertz CT molecular complexity index is 799. The van der Waals surface area contributed by atoms with E-state index >= 15 is 0 Å². The number of aromatic nitrogens is 3. The number of nitrogens with two attached hydrogens (primary N) is 1. The van der Waals surface area contributed by atoms with Gasteiger partial charge in [-0.15, -0.1) is 0 Å². The topological polar surface area (TPSA) is 86.0 Å². The fourth-order valence-corrected chi connectivity index (χ4v) is 3.04. The van der Waals surface area contributed by atoms with Gasteiger partial charge in [-0.1, -0.05) is 30.3 Å². The van der Waals surface area contributed by atoms with Crippen molar-refractivity contribution in [2.45, 2.75) is 12.7 Å². The van der Waals surface area contributed by atoms with Gasteiger partial charge in [-0.2, -0.15) is 0 Å². The highest BCUT2D eigenvalue weighted by molar-refractivity contribution is 5.78. The molecule has 1 aliphatic heterocycles. The van der Waals surface area contributed by atoms with Crippen molar-refractivity contribution in [2.24, 2.45) is 11.7 Å². The summed E-state index contributed by atoms with van der Waals surface area (Å²) < 4.78 is 12.0. The molecular weight excluding hydrogens is 328 g/mol. The number of ether oxygens (including phenoxy) is 2. The van der Waals surface area contributed by atoms with Crippen LogP contribution in [0.1, 0.15) is 12.7 Å². The normalized spacial score (nSPS) is 23.1.